The van der Waals surface area contributed by atoms with Crippen molar-refractivity contribution in [3.05, 3.63) is 52.1 Å². The molecule has 0 aliphatic carbocycles. The van der Waals surface area contributed by atoms with Crippen LogP contribution in [0.2, 0.25) is 0 Å². The molecule has 2 rings (SSSR count). The van der Waals surface area contributed by atoms with E-state index < -0.39 is 10.8 Å². The quantitative estimate of drug-likeness (QED) is 0.648. The number of aromatic nitrogens is 2. The monoisotopic (exact) mass is 246 g/mol. The highest BCUT2D eigenvalue weighted by Gasteiger charge is 2.18. The summed E-state index contributed by atoms with van der Waals surface area (Å²) >= 11 is 0. The second kappa shape index (κ2) is 4.28. The molecule has 1 aromatic heterocycles. The van der Waals surface area contributed by atoms with E-state index in [9.17, 15) is 14.9 Å². The molecule has 0 saturated carbocycles. The third-order valence-corrected chi connectivity index (χ3v) is 2.54. The van der Waals surface area contributed by atoms with Crippen LogP contribution in [0, 0.1) is 17.0 Å². The summed E-state index contributed by atoms with van der Waals surface area (Å²) in [6.45, 7) is 1.71. The van der Waals surface area contributed by atoms with E-state index in [2.05, 4.69) is 4.98 Å². The van der Waals surface area contributed by atoms with Gasteiger partial charge in [-0.05, 0) is 19.1 Å². The molecule has 92 valence electrons. The molecule has 0 saturated heterocycles. The van der Waals surface area contributed by atoms with Gasteiger partial charge in [-0.2, -0.15) is 0 Å². The Morgan fingerprint density at radius 1 is 1.50 bits per heavy atom. The molecule has 7 nitrogen and oxygen atoms in total. The minimum Gasteiger partial charge on any atom is -0.366 e. The van der Waals surface area contributed by atoms with Crippen LogP contribution in [0.4, 0.5) is 5.69 Å². The van der Waals surface area contributed by atoms with E-state index in [0.29, 0.717) is 5.82 Å². The molecule has 1 heterocycles. The number of primary amides is 1. The van der Waals surface area contributed by atoms with Crippen molar-refractivity contribution in [2.24, 2.45) is 5.73 Å². The van der Waals surface area contributed by atoms with Gasteiger partial charge in [-0.1, -0.05) is 0 Å². The first kappa shape index (κ1) is 11.8. The number of rotatable bonds is 3. The van der Waals surface area contributed by atoms with E-state index in [1.54, 1.807) is 13.1 Å². The van der Waals surface area contributed by atoms with Crippen LogP contribution in [0.25, 0.3) is 5.69 Å². The lowest BCUT2D eigenvalue weighted by atomic mass is 10.1. The average molecular weight is 246 g/mol. The Morgan fingerprint density at radius 2 is 2.22 bits per heavy atom. The SMILES string of the molecule is Cc1nccn1-c1cc(C(N)=O)ccc1[N+](=O)[O-]. The summed E-state index contributed by atoms with van der Waals surface area (Å²) in [7, 11) is 0. The number of amides is 1. The van der Waals surface area contributed by atoms with Crippen molar-refractivity contribution in [1.29, 1.82) is 0 Å². The minimum atomic E-state index is -0.635. The summed E-state index contributed by atoms with van der Waals surface area (Å²) in [5.41, 5.74) is 5.54. The molecular formula is C11H10N4O3. The van der Waals surface area contributed by atoms with Crippen LogP contribution >= 0.6 is 0 Å². The van der Waals surface area contributed by atoms with Crippen molar-refractivity contribution in [3.63, 3.8) is 0 Å². The van der Waals surface area contributed by atoms with Gasteiger partial charge in [0, 0.05) is 24.0 Å². The van der Waals surface area contributed by atoms with Gasteiger partial charge < -0.3 is 5.73 Å². The summed E-state index contributed by atoms with van der Waals surface area (Å²) in [4.78, 5) is 25.6. The molecular weight excluding hydrogens is 236 g/mol. The molecule has 18 heavy (non-hydrogen) atoms. The summed E-state index contributed by atoms with van der Waals surface area (Å²) < 4.78 is 1.53. The second-order valence-corrected chi connectivity index (χ2v) is 3.67. The van der Waals surface area contributed by atoms with Gasteiger partial charge in [0.25, 0.3) is 5.69 Å². The van der Waals surface area contributed by atoms with Gasteiger partial charge in [0.1, 0.15) is 11.5 Å². The van der Waals surface area contributed by atoms with E-state index in [1.165, 1.54) is 29.0 Å². The van der Waals surface area contributed by atoms with Gasteiger partial charge in [0.15, 0.2) is 0 Å². The maximum atomic E-state index is 11.1. The normalized spacial score (nSPS) is 10.3. The van der Waals surface area contributed by atoms with Crippen LogP contribution in [0.5, 0.6) is 0 Å². The molecule has 7 heteroatoms. The number of benzene rings is 1. The van der Waals surface area contributed by atoms with Gasteiger partial charge in [0.05, 0.1) is 4.92 Å². The Labute approximate surface area is 102 Å². The molecule has 0 aliphatic rings. The Hall–Kier alpha value is -2.70. The topological polar surface area (TPSA) is 104 Å². The largest absolute Gasteiger partial charge is 0.366 e. The maximum Gasteiger partial charge on any atom is 0.293 e. The van der Waals surface area contributed by atoms with Gasteiger partial charge in [-0.15, -0.1) is 0 Å². The fourth-order valence-electron chi connectivity index (χ4n) is 1.66. The standard InChI is InChI=1S/C11H10N4O3/c1-7-13-4-5-14(7)10-6-8(11(12)16)2-3-9(10)15(17)18/h2-6H,1H3,(H2,12,16). The summed E-state index contributed by atoms with van der Waals surface area (Å²) in [6, 6.07) is 3.97. The van der Waals surface area contributed by atoms with Crippen LogP contribution < -0.4 is 5.73 Å². The lowest BCUT2D eigenvalue weighted by Crippen LogP contribution is -2.12. The number of nitrogens with zero attached hydrogens (tertiary/aromatic N) is 3. The number of carbonyl (C=O) groups excluding carboxylic acids is 1. The molecule has 0 fully saturated rings. The van der Waals surface area contributed by atoms with Gasteiger partial charge in [-0.25, -0.2) is 4.98 Å². The van der Waals surface area contributed by atoms with E-state index in [1.807, 2.05) is 0 Å². The van der Waals surface area contributed by atoms with Crippen LogP contribution in [-0.4, -0.2) is 20.4 Å². The van der Waals surface area contributed by atoms with Crippen LogP contribution in [0.3, 0.4) is 0 Å². The third kappa shape index (κ3) is 1.93. The van der Waals surface area contributed by atoms with Crippen molar-refractivity contribution in [2.75, 3.05) is 0 Å². The molecule has 0 radical (unpaired) electrons. The first-order chi connectivity index (χ1) is 8.50. The fourth-order valence-corrected chi connectivity index (χ4v) is 1.66. The fraction of sp³-hybridized carbons (Fsp3) is 0.0909. The lowest BCUT2D eigenvalue weighted by Gasteiger charge is -2.07. The summed E-state index contributed by atoms with van der Waals surface area (Å²) in [6.07, 6.45) is 3.11. The highest BCUT2D eigenvalue weighted by Crippen LogP contribution is 2.24. The molecule has 2 N–H and O–H groups in total. The Kier molecular flexibility index (Phi) is 2.80. The molecule has 2 aromatic rings. The number of carbonyl (C=O) groups is 1. The molecule has 0 atom stereocenters. The van der Waals surface area contributed by atoms with Crippen molar-refractivity contribution < 1.29 is 9.72 Å². The summed E-state index contributed by atoms with van der Waals surface area (Å²) in [5.74, 6) is -0.0522. The smallest absolute Gasteiger partial charge is 0.293 e. The maximum absolute atomic E-state index is 11.1. The van der Waals surface area contributed by atoms with Crippen LogP contribution in [0.1, 0.15) is 16.2 Å². The highest BCUT2D eigenvalue weighted by atomic mass is 16.6. The molecule has 1 amide bonds. The molecule has 0 aliphatic heterocycles. The number of imidazole rings is 1. The van der Waals surface area contributed by atoms with E-state index in [4.69, 9.17) is 5.73 Å². The van der Waals surface area contributed by atoms with Crippen molar-refractivity contribution in [1.82, 2.24) is 9.55 Å². The van der Waals surface area contributed by atoms with Crippen molar-refractivity contribution >= 4 is 11.6 Å². The number of nitro groups is 1. The average Bonchev–Trinajstić information content (AvgIpc) is 2.74. The number of nitrogens with two attached hydrogens (primary N) is 1. The lowest BCUT2D eigenvalue weighted by molar-refractivity contribution is -0.384. The number of nitro benzene ring substituents is 1. The first-order valence-corrected chi connectivity index (χ1v) is 5.09. The zero-order valence-corrected chi connectivity index (χ0v) is 9.53. The summed E-state index contributed by atoms with van der Waals surface area (Å²) in [5, 5.41) is 11.0. The molecule has 0 spiro atoms. The highest BCUT2D eigenvalue weighted by molar-refractivity contribution is 5.94. The number of hydrogen-bond acceptors (Lipinski definition) is 4. The predicted molar refractivity (Wildman–Crippen MR) is 63.5 cm³/mol. The predicted octanol–water partition coefficient (Wildman–Crippen LogP) is 1.19. The minimum absolute atomic E-state index is 0.110. The van der Waals surface area contributed by atoms with Gasteiger partial charge >= 0.3 is 0 Å². The van der Waals surface area contributed by atoms with Crippen molar-refractivity contribution in [2.45, 2.75) is 6.92 Å². The molecule has 0 unspecified atom stereocenters. The number of aryl methyl sites for hydroxylation is 1. The Balaban J connectivity index is 2.69. The zero-order chi connectivity index (χ0) is 13.3. The molecule has 0 bridgehead atoms. The van der Waals surface area contributed by atoms with E-state index >= 15 is 0 Å². The second-order valence-electron chi connectivity index (χ2n) is 3.67. The van der Waals surface area contributed by atoms with Crippen molar-refractivity contribution in [3.8, 4) is 5.69 Å². The Bertz CT molecular complexity index is 633. The van der Waals surface area contributed by atoms with E-state index in [0.717, 1.165) is 0 Å². The zero-order valence-electron chi connectivity index (χ0n) is 9.53. The number of hydrogen-bond donors (Lipinski definition) is 1. The van der Waals surface area contributed by atoms with Gasteiger partial charge in [-0.3, -0.25) is 19.5 Å². The molecule has 1 aromatic carbocycles. The third-order valence-electron chi connectivity index (χ3n) is 2.54. The first-order valence-electron chi connectivity index (χ1n) is 5.09. The Morgan fingerprint density at radius 3 is 2.72 bits per heavy atom. The van der Waals surface area contributed by atoms with Crippen LogP contribution in [-0.2, 0) is 0 Å². The van der Waals surface area contributed by atoms with E-state index in [-0.39, 0.29) is 16.9 Å². The van der Waals surface area contributed by atoms with Crippen LogP contribution in [0.15, 0.2) is 30.6 Å². The van der Waals surface area contributed by atoms with Gasteiger partial charge in [0.2, 0.25) is 5.91 Å².